The van der Waals surface area contributed by atoms with Gasteiger partial charge in [-0.15, -0.1) is 10.2 Å². The minimum atomic E-state index is -0.296. The van der Waals surface area contributed by atoms with Crippen LogP contribution >= 0.6 is 27.7 Å². The van der Waals surface area contributed by atoms with E-state index in [1.54, 1.807) is 0 Å². The Morgan fingerprint density at radius 1 is 1.04 bits per heavy atom. The molecule has 0 aromatic heterocycles. The molecule has 4 rings (SSSR count). The SMILES string of the molecule is O=C1Nc2ccccc2/C1=N/N=C1/SCC(=O)N1c1ccc(Br)cc1. The molecule has 0 saturated carbocycles. The molecule has 2 aliphatic heterocycles. The normalized spacial score (nSPS) is 19.6. The number of amides is 2. The fourth-order valence-electron chi connectivity index (χ4n) is 2.57. The van der Waals surface area contributed by atoms with Gasteiger partial charge in [0.1, 0.15) is 0 Å². The second-order valence-electron chi connectivity index (χ2n) is 5.33. The quantitative estimate of drug-likeness (QED) is 0.766. The Labute approximate surface area is 156 Å². The van der Waals surface area contributed by atoms with Gasteiger partial charge in [0.25, 0.3) is 5.91 Å². The average Bonchev–Trinajstić information content (AvgIpc) is 3.13. The third-order valence-corrected chi connectivity index (χ3v) is 5.17. The summed E-state index contributed by atoms with van der Waals surface area (Å²) in [5.41, 5.74) is 2.39. The number of anilines is 2. The number of amidine groups is 1. The van der Waals surface area contributed by atoms with Crippen LogP contribution in [0.3, 0.4) is 0 Å². The summed E-state index contributed by atoms with van der Waals surface area (Å²) >= 11 is 4.68. The molecule has 2 amide bonds. The zero-order chi connectivity index (χ0) is 17.4. The number of benzene rings is 2. The van der Waals surface area contributed by atoms with Gasteiger partial charge in [-0.2, -0.15) is 0 Å². The van der Waals surface area contributed by atoms with Crippen LogP contribution in [-0.4, -0.2) is 28.4 Å². The highest BCUT2D eigenvalue weighted by molar-refractivity contribution is 9.10. The van der Waals surface area contributed by atoms with E-state index >= 15 is 0 Å². The van der Waals surface area contributed by atoms with Gasteiger partial charge in [0.05, 0.1) is 17.1 Å². The number of para-hydroxylation sites is 1. The van der Waals surface area contributed by atoms with Crippen LogP contribution in [0.5, 0.6) is 0 Å². The molecule has 0 unspecified atom stereocenters. The van der Waals surface area contributed by atoms with E-state index in [2.05, 4.69) is 31.4 Å². The Morgan fingerprint density at radius 2 is 1.80 bits per heavy atom. The van der Waals surface area contributed by atoms with Crippen LogP contribution in [0, 0.1) is 0 Å². The summed E-state index contributed by atoms with van der Waals surface area (Å²) < 4.78 is 0.925. The van der Waals surface area contributed by atoms with Gasteiger partial charge >= 0.3 is 0 Å². The maximum absolute atomic E-state index is 12.2. The number of nitrogens with zero attached hydrogens (tertiary/aromatic N) is 3. The van der Waals surface area contributed by atoms with Gasteiger partial charge in [-0.3, -0.25) is 14.5 Å². The van der Waals surface area contributed by atoms with E-state index in [1.165, 1.54) is 16.7 Å². The highest BCUT2D eigenvalue weighted by Crippen LogP contribution is 2.28. The molecule has 1 saturated heterocycles. The lowest BCUT2D eigenvalue weighted by atomic mass is 10.1. The fraction of sp³-hybridized carbons (Fsp3) is 0.0588. The Hall–Kier alpha value is -2.45. The molecule has 0 atom stereocenters. The van der Waals surface area contributed by atoms with Crippen molar-refractivity contribution < 1.29 is 9.59 Å². The Balaban J connectivity index is 1.70. The predicted molar refractivity (Wildman–Crippen MR) is 103 cm³/mol. The minimum Gasteiger partial charge on any atom is -0.320 e. The van der Waals surface area contributed by atoms with Crippen LogP contribution in [0.2, 0.25) is 0 Å². The molecule has 1 fully saturated rings. The summed E-state index contributed by atoms with van der Waals surface area (Å²) in [7, 11) is 0. The molecule has 0 radical (unpaired) electrons. The molecule has 8 heteroatoms. The van der Waals surface area contributed by atoms with Crippen LogP contribution < -0.4 is 10.2 Å². The maximum atomic E-state index is 12.2. The lowest BCUT2D eigenvalue weighted by Gasteiger charge is -2.15. The van der Waals surface area contributed by atoms with Crippen molar-refractivity contribution in [3.8, 4) is 0 Å². The van der Waals surface area contributed by atoms with E-state index in [1.807, 2.05) is 48.5 Å². The van der Waals surface area contributed by atoms with E-state index in [4.69, 9.17) is 0 Å². The van der Waals surface area contributed by atoms with E-state index in [-0.39, 0.29) is 17.5 Å². The minimum absolute atomic E-state index is 0.0671. The van der Waals surface area contributed by atoms with Gasteiger partial charge < -0.3 is 5.32 Å². The molecular formula is C17H11BrN4O2S. The van der Waals surface area contributed by atoms with Gasteiger partial charge in [0.2, 0.25) is 5.91 Å². The number of carbonyl (C=O) groups is 2. The summed E-state index contributed by atoms with van der Waals surface area (Å²) in [4.78, 5) is 25.8. The summed E-state index contributed by atoms with van der Waals surface area (Å²) in [5, 5.41) is 11.5. The number of thioether (sulfide) groups is 1. The van der Waals surface area contributed by atoms with E-state index in [9.17, 15) is 9.59 Å². The number of hydrogen-bond acceptors (Lipinski definition) is 5. The Morgan fingerprint density at radius 3 is 2.60 bits per heavy atom. The fourth-order valence-corrected chi connectivity index (χ4v) is 3.66. The first-order valence-electron chi connectivity index (χ1n) is 7.41. The first-order valence-corrected chi connectivity index (χ1v) is 9.19. The van der Waals surface area contributed by atoms with Crippen molar-refractivity contribution in [2.45, 2.75) is 0 Å². The molecule has 2 aromatic rings. The Bertz CT molecular complexity index is 940. The summed E-state index contributed by atoms with van der Waals surface area (Å²) in [6.45, 7) is 0. The molecular weight excluding hydrogens is 404 g/mol. The molecule has 6 nitrogen and oxygen atoms in total. The predicted octanol–water partition coefficient (Wildman–Crippen LogP) is 3.24. The maximum Gasteiger partial charge on any atom is 0.276 e. The number of rotatable bonds is 2. The number of hydrogen-bond donors (Lipinski definition) is 1. The van der Waals surface area contributed by atoms with Crippen LogP contribution in [-0.2, 0) is 9.59 Å². The zero-order valence-corrected chi connectivity index (χ0v) is 15.2. The highest BCUT2D eigenvalue weighted by Gasteiger charge is 2.31. The molecule has 124 valence electrons. The zero-order valence-electron chi connectivity index (χ0n) is 12.8. The van der Waals surface area contributed by atoms with Gasteiger partial charge in [-0.25, -0.2) is 0 Å². The van der Waals surface area contributed by atoms with Crippen molar-refractivity contribution in [2.24, 2.45) is 10.2 Å². The van der Waals surface area contributed by atoms with Gasteiger partial charge in [0, 0.05) is 10.0 Å². The van der Waals surface area contributed by atoms with Gasteiger partial charge in [-0.05, 0) is 30.3 Å². The average molecular weight is 415 g/mol. The van der Waals surface area contributed by atoms with Gasteiger partial charge in [0.15, 0.2) is 10.9 Å². The van der Waals surface area contributed by atoms with E-state index < -0.39 is 0 Å². The number of fused-ring (bicyclic) bond motifs is 1. The monoisotopic (exact) mass is 414 g/mol. The van der Waals surface area contributed by atoms with Crippen molar-refractivity contribution in [3.05, 3.63) is 58.6 Å². The third-order valence-electron chi connectivity index (χ3n) is 3.73. The first kappa shape index (κ1) is 16.0. The number of nitrogens with one attached hydrogen (secondary N) is 1. The lowest BCUT2D eigenvalue weighted by Crippen LogP contribution is -2.29. The summed E-state index contributed by atoms with van der Waals surface area (Å²) in [6.07, 6.45) is 0. The second kappa shape index (κ2) is 6.45. The Kier molecular flexibility index (Phi) is 4.14. The first-order chi connectivity index (χ1) is 12.1. The van der Waals surface area contributed by atoms with Crippen LogP contribution in [0.25, 0.3) is 0 Å². The van der Waals surface area contributed by atoms with Crippen LogP contribution in [0.4, 0.5) is 11.4 Å². The van der Waals surface area contributed by atoms with Gasteiger partial charge in [-0.1, -0.05) is 45.9 Å². The highest BCUT2D eigenvalue weighted by atomic mass is 79.9. The summed E-state index contributed by atoms with van der Waals surface area (Å²) in [5.74, 6) is -0.0691. The van der Waals surface area contributed by atoms with Crippen molar-refractivity contribution >= 4 is 61.8 Å². The van der Waals surface area contributed by atoms with Crippen molar-refractivity contribution in [1.82, 2.24) is 0 Å². The van der Waals surface area contributed by atoms with E-state index in [0.29, 0.717) is 27.9 Å². The van der Waals surface area contributed by atoms with E-state index in [0.717, 1.165) is 4.47 Å². The van der Waals surface area contributed by atoms with Crippen LogP contribution in [0.15, 0.2) is 63.2 Å². The summed E-state index contributed by atoms with van der Waals surface area (Å²) in [6, 6.07) is 14.7. The molecule has 2 aliphatic rings. The molecule has 0 aliphatic carbocycles. The molecule has 25 heavy (non-hydrogen) atoms. The standard InChI is InChI=1S/C17H11BrN4O2S/c18-10-5-7-11(8-6-10)22-14(23)9-25-17(22)21-20-15-12-3-1-2-4-13(12)19-16(15)24/h1-8H,9H2,(H,19,20,24)/b21-17+. The smallest absolute Gasteiger partial charge is 0.276 e. The van der Waals surface area contributed by atoms with Crippen LogP contribution in [0.1, 0.15) is 5.56 Å². The largest absolute Gasteiger partial charge is 0.320 e. The van der Waals surface area contributed by atoms with Crippen molar-refractivity contribution in [1.29, 1.82) is 0 Å². The molecule has 0 spiro atoms. The topological polar surface area (TPSA) is 74.1 Å². The number of halogens is 1. The molecule has 1 N–H and O–H groups in total. The van der Waals surface area contributed by atoms with Crippen molar-refractivity contribution in [2.75, 3.05) is 16.0 Å². The number of carbonyl (C=O) groups excluding carboxylic acids is 2. The molecule has 2 aromatic carbocycles. The third kappa shape index (κ3) is 2.98. The molecule has 2 heterocycles. The lowest BCUT2D eigenvalue weighted by molar-refractivity contribution is -0.115. The second-order valence-corrected chi connectivity index (χ2v) is 7.18. The molecule has 0 bridgehead atoms. The van der Waals surface area contributed by atoms with Crippen molar-refractivity contribution in [3.63, 3.8) is 0 Å².